The van der Waals surface area contributed by atoms with Gasteiger partial charge in [0.1, 0.15) is 12.0 Å². The maximum Gasteiger partial charge on any atom is 0.123 e. The van der Waals surface area contributed by atoms with Crippen molar-refractivity contribution in [1.29, 1.82) is 0 Å². The topological polar surface area (TPSA) is 0 Å². The molecule has 170 valence electrons. The Labute approximate surface area is 201 Å². The molecule has 0 atom stereocenters. The second kappa shape index (κ2) is 7.76. The Balaban J connectivity index is 2.24. The van der Waals surface area contributed by atoms with Crippen LogP contribution in [-0.2, 0) is 0 Å². The van der Waals surface area contributed by atoms with Crippen LogP contribution in [0, 0.1) is 17.9 Å². The molecule has 0 saturated carbocycles. The fourth-order valence-corrected chi connectivity index (χ4v) is 9.66. The zero-order chi connectivity index (χ0) is 24.4. The Bertz CT molecular complexity index is 1690. The zero-order valence-electron chi connectivity index (χ0n) is 20.5. The normalized spacial score (nSPS) is 12.5. The smallest absolute Gasteiger partial charge is 0.123 e. The molecular formula is C30H28F2Si2. The third-order valence-electron chi connectivity index (χ3n) is 6.75. The van der Waals surface area contributed by atoms with Gasteiger partial charge in [-0.25, -0.2) is 4.39 Å². The van der Waals surface area contributed by atoms with Crippen molar-refractivity contribution in [2.45, 2.75) is 39.3 Å². The summed E-state index contributed by atoms with van der Waals surface area (Å²) in [5.41, 5.74) is 0.720. The largest absolute Gasteiger partial charge is 0.207 e. The van der Waals surface area contributed by atoms with Gasteiger partial charge in [0.25, 0.3) is 0 Å². The molecule has 5 aromatic rings. The lowest BCUT2D eigenvalue weighted by Crippen LogP contribution is -2.44. The molecule has 0 heterocycles. The molecule has 5 rings (SSSR count). The zero-order valence-corrected chi connectivity index (χ0v) is 22.5. The number of rotatable bonds is 2. The van der Waals surface area contributed by atoms with Gasteiger partial charge in [-0.2, -0.15) is 0 Å². The molecule has 34 heavy (non-hydrogen) atoms. The van der Waals surface area contributed by atoms with Gasteiger partial charge in [-0.15, -0.1) is 4.39 Å². The highest BCUT2D eigenvalue weighted by Gasteiger charge is 2.31. The highest BCUT2D eigenvalue weighted by molar-refractivity contribution is 6.96. The molecule has 0 nitrogen and oxygen atoms in total. The van der Waals surface area contributed by atoms with Gasteiger partial charge in [-0.05, 0) is 72.2 Å². The molecule has 0 amide bonds. The molecule has 0 aliphatic heterocycles. The standard InChI is InChI=1S/C30H28F2Si2/c1-33(2,3)29-24-15-12-20-8-7-9-21(16-17-31)26(20)28(24)30(34(4,5)6)23-14-11-19-10-13-22(32)18-25(19)27(23)29/h7-15,18H,1-6H3. The van der Waals surface area contributed by atoms with Crippen LogP contribution in [0.5, 0.6) is 0 Å². The second-order valence-corrected chi connectivity index (χ2v) is 21.2. The molecule has 4 heteroatoms. The van der Waals surface area contributed by atoms with Gasteiger partial charge in [0.05, 0.1) is 16.1 Å². The first-order chi connectivity index (χ1) is 16.0. The average Bonchev–Trinajstić information content (AvgIpc) is 2.75. The van der Waals surface area contributed by atoms with Gasteiger partial charge in [0.2, 0.25) is 0 Å². The minimum atomic E-state index is -1.93. The number of fused-ring (bicyclic) bond motifs is 6. The molecule has 0 spiro atoms. The summed E-state index contributed by atoms with van der Waals surface area (Å²) in [5, 5.41) is 11.6. The summed E-state index contributed by atoms with van der Waals surface area (Å²) in [5.74, 6) is 2.51. The maximum absolute atomic E-state index is 14.6. The van der Waals surface area contributed by atoms with E-state index in [1.807, 2.05) is 18.2 Å². The molecule has 0 N–H and O–H groups in total. The summed E-state index contributed by atoms with van der Waals surface area (Å²) in [6, 6.07) is 19.8. The molecule has 0 aliphatic carbocycles. The van der Waals surface area contributed by atoms with Crippen molar-refractivity contribution in [2.75, 3.05) is 0 Å². The van der Waals surface area contributed by atoms with Crippen LogP contribution in [0.2, 0.25) is 39.3 Å². The lowest BCUT2D eigenvalue weighted by atomic mass is 9.93. The number of halogens is 2. The number of hydrogen-bond acceptors (Lipinski definition) is 0. The first-order valence-electron chi connectivity index (χ1n) is 11.7. The highest BCUT2D eigenvalue weighted by Crippen LogP contribution is 2.35. The van der Waals surface area contributed by atoms with Gasteiger partial charge in [0.15, 0.2) is 0 Å². The Morgan fingerprint density at radius 2 is 1.21 bits per heavy atom. The Morgan fingerprint density at radius 3 is 1.85 bits per heavy atom. The third-order valence-corrected chi connectivity index (χ3v) is 10.8. The SMILES string of the molecule is C[Si](C)(C)c1c2ccc3cccc(C#CF)c3c2c([Si](C)(C)C)c2ccc3ccc(F)cc3c12. The molecule has 0 saturated heterocycles. The molecule has 0 aliphatic rings. The fourth-order valence-electron chi connectivity index (χ4n) is 5.60. The minimum Gasteiger partial charge on any atom is -0.207 e. The molecule has 5 aromatic carbocycles. The van der Waals surface area contributed by atoms with Crippen molar-refractivity contribution in [3.05, 3.63) is 72.0 Å². The van der Waals surface area contributed by atoms with E-state index >= 15 is 0 Å². The lowest BCUT2D eigenvalue weighted by molar-refractivity contribution is 0.630. The lowest BCUT2D eigenvalue weighted by Gasteiger charge is -2.30. The first-order valence-corrected chi connectivity index (χ1v) is 18.7. The fraction of sp³-hybridized carbons (Fsp3) is 0.200. The van der Waals surface area contributed by atoms with Gasteiger partial charge < -0.3 is 0 Å². The Hall–Kier alpha value is -3.01. The molecule has 0 fully saturated rings. The van der Waals surface area contributed by atoms with Gasteiger partial charge in [0, 0.05) is 10.9 Å². The van der Waals surface area contributed by atoms with E-state index in [-0.39, 0.29) is 5.82 Å². The van der Waals surface area contributed by atoms with Gasteiger partial charge in [-0.1, -0.05) is 81.7 Å². The summed E-state index contributed by atoms with van der Waals surface area (Å²) in [7, 11) is -3.85. The summed E-state index contributed by atoms with van der Waals surface area (Å²) in [4.78, 5) is 0. The van der Waals surface area contributed by atoms with Crippen molar-refractivity contribution < 1.29 is 8.78 Å². The van der Waals surface area contributed by atoms with E-state index in [4.69, 9.17) is 0 Å². The van der Waals surface area contributed by atoms with Crippen LogP contribution in [0.3, 0.4) is 0 Å². The summed E-state index contributed by atoms with van der Waals surface area (Å²) in [6.07, 6.45) is 1.64. The van der Waals surface area contributed by atoms with Gasteiger partial charge in [-0.3, -0.25) is 0 Å². The van der Waals surface area contributed by atoms with Gasteiger partial charge >= 0.3 is 0 Å². The molecule has 0 bridgehead atoms. The van der Waals surface area contributed by atoms with Crippen molar-refractivity contribution in [1.82, 2.24) is 0 Å². The van der Waals surface area contributed by atoms with Crippen LogP contribution in [0.15, 0.2) is 60.7 Å². The minimum absolute atomic E-state index is 0.213. The van der Waals surface area contributed by atoms with Crippen LogP contribution in [-0.4, -0.2) is 16.1 Å². The molecular weight excluding hydrogens is 454 g/mol. The van der Waals surface area contributed by atoms with E-state index in [9.17, 15) is 8.78 Å². The summed E-state index contributed by atoms with van der Waals surface area (Å²) >= 11 is 0. The van der Waals surface area contributed by atoms with E-state index < -0.39 is 16.1 Å². The Kier molecular flexibility index (Phi) is 5.20. The maximum atomic E-state index is 14.6. The predicted molar refractivity (Wildman–Crippen MR) is 150 cm³/mol. The second-order valence-electron chi connectivity index (χ2n) is 11.2. The Morgan fingerprint density at radius 1 is 0.618 bits per heavy atom. The summed E-state index contributed by atoms with van der Waals surface area (Å²) < 4.78 is 27.9. The van der Waals surface area contributed by atoms with Crippen molar-refractivity contribution in [3.8, 4) is 12.1 Å². The van der Waals surface area contributed by atoms with Crippen LogP contribution in [0.1, 0.15) is 5.56 Å². The summed E-state index contributed by atoms with van der Waals surface area (Å²) in [6.45, 7) is 14.1. The molecule has 0 unspecified atom stereocenters. The van der Waals surface area contributed by atoms with Crippen molar-refractivity contribution >= 4 is 69.6 Å². The molecule has 0 aromatic heterocycles. The highest BCUT2D eigenvalue weighted by atomic mass is 28.3. The van der Waals surface area contributed by atoms with E-state index in [0.717, 1.165) is 27.1 Å². The first kappa shape index (κ1) is 22.8. The van der Waals surface area contributed by atoms with E-state index in [0.29, 0.717) is 0 Å². The number of benzene rings is 5. The average molecular weight is 483 g/mol. The predicted octanol–water partition coefficient (Wildman–Crippen LogP) is 7.81. The molecule has 0 radical (unpaired) electrons. The van der Waals surface area contributed by atoms with Crippen LogP contribution >= 0.6 is 0 Å². The van der Waals surface area contributed by atoms with Crippen molar-refractivity contribution in [2.24, 2.45) is 0 Å². The van der Waals surface area contributed by atoms with Crippen molar-refractivity contribution in [3.63, 3.8) is 0 Å². The van der Waals surface area contributed by atoms with E-state index in [1.54, 1.807) is 12.2 Å². The van der Waals surface area contributed by atoms with Crippen LogP contribution < -0.4 is 10.4 Å². The van der Waals surface area contributed by atoms with Crippen LogP contribution in [0.25, 0.3) is 43.1 Å². The van der Waals surface area contributed by atoms with Crippen LogP contribution in [0.4, 0.5) is 8.78 Å². The monoisotopic (exact) mass is 482 g/mol. The third kappa shape index (κ3) is 3.46. The van der Waals surface area contributed by atoms with E-state index in [2.05, 4.69) is 75.5 Å². The quantitative estimate of drug-likeness (QED) is 0.104. The van der Waals surface area contributed by atoms with E-state index in [1.165, 1.54) is 38.0 Å². The number of hydrogen-bond donors (Lipinski definition) is 0.